The molecule has 2 aromatic carbocycles. The van der Waals surface area contributed by atoms with Crippen molar-refractivity contribution in [3.05, 3.63) is 66.0 Å². The van der Waals surface area contributed by atoms with Crippen molar-refractivity contribution in [2.75, 3.05) is 24.9 Å². The molecule has 0 aromatic heterocycles. The maximum absolute atomic E-state index is 13.2. The lowest BCUT2D eigenvalue weighted by atomic mass is 9.95. The van der Waals surface area contributed by atoms with Gasteiger partial charge in [0.25, 0.3) is 0 Å². The monoisotopic (exact) mass is 407 g/mol. The third kappa shape index (κ3) is 5.77. The smallest absolute Gasteiger partial charge is 0.304 e. The number of carbonyl (C=O) groups excluding carboxylic acids is 1. The molecule has 6 nitrogen and oxygen atoms in total. The van der Waals surface area contributed by atoms with Crippen LogP contribution in [0.1, 0.15) is 19.4 Å². The first-order valence-electron chi connectivity index (χ1n) is 8.82. The average Bonchev–Trinajstić information content (AvgIpc) is 2.60. The summed E-state index contributed by atoms with van der Waals surface area (Å²) in [6, 6.07) is 14.7. The van der Waals surface area contributed by atoms with Gasteiger partial charge in [0.1, 0.15) is 12.4 Å². The van der Waals surface area contributed by atoms with E-state index in [9.17, 15) is 17.6 Å². The lowest BCUT2D eigenvalue weighted by Gasteiger charge is -2.30. The van der Waals surface area contributed by atoms with Crippen molar-refractivity contribution in [2.45, 2.75) is 25.8 Å². The van der Waals surface area contributed by atoms with E-state index in [1.165, 1.54) is 26.2 Å². The molecule has 28 heavy (non-hydrogen) atoms. The van der Waals surface area contributed by atoms with Crippen LogP contribution >= 0.6 is 0 Å². The number of benzene rings is 2. The summed E-state index contributed by atoms with van der Waals surface area (Å²) in [7, 11) is -1.17. The summed E-state index contributed by atoms with van der Waals surface area (Å²) >= 11 is 0. The van der Waals surface area contributed by atoms with Crippen LogP contribution in [0.4, 0.5) is 10.1 Å². The largest absolute Gasteiger partial charge is 0.349 e. The fourth-order valence-electron chi connectivity index (χ4n) is 2.81. The van der Waals surface area contributed by atoms with Crippen LogP contribution in [0.2, 0.25) is 0 Å². The third-order valence-electron chi connectivity index (χ3n) is 4.11. The molecule has 0 radical (unpaired) electrons. The van der Waals surface area contributed by atoms with E-state index in [1.807, 2.05) is 44.2 Å². The maximum atomic E-state index is 13.2. The Labute approximate surface area is 166 Å². The van der Waals surface area contributed by atoms with Crippen molar-refractivity contribution in [3.63, 3.8) is 0 Å². The average molecular weight is 408 g/mol. The first-order valence-corrected chi connectivity index (χ1v) is 10.2. The van der Waals surface area contributed by atoms with Crippen LogP contribution < -0.4 is 9.62 Å². The van der Waals surface area contributed by atoms with Crippen LogP contribution in [-0.2, 0) is 21.4 Å². The van der Waals surface area contributed by atoms with Gasteiger partial charge in [0.05, 0.1) is 5.69 Å². The SMILES string of the molecule is CN(C)S(=O)(=O)N(CC(=O)NC(C)(C)Cc1ccccc1)c1ccc(F)cc1. The second-order valence-electron chi connectivity index (χ2n) is 7.37. The summed E-state index contributed by atoms with van der Waals surface area (Å²) < 4.78 is 40.6. The highest BCUT2D eigenvalue weighted by Gasteiger charge is 2.29. The van der Waals surface area contributed by atoms with Crippen molar-refractivity contribution in [2.24, 2.45) is 0 Å². The van der Waals surface area contributed by atoms with Crippen LogP contribution in [0.3, 0.4) is 0 Å². The summed E-state index contributed by atoms with van der Waals surface area (Å²) in [5.74, 6) is -0.935. The Morgan fingerprint density at radius 1 is 1.04 bits per heavy atom. The molecule has 0 aliphatic rings. The second-order valence-corrected chi connectivity index (χ2v) is 9.43. The molecular weight excluding hydrogens is 381 g/mol. The highest BCUT2D eigenvalue weighted by atomic mass is 32.2. The molecule has 0 spiro atoms. The van der Waals surface area contributed by atoms with Crippen molar-refractivity contribution in [1.82, 2.24) is 9.62 Å². The highest BCUT2D eigenvalue weighted by Crippen LogP contribution is 2.20. The minimum atomic E-state index is -3.93. The first-order chi connectivity index (χ1) is 13.0. The predicted molar refractivity (Wildman–Crippen MR) is 109 cm³/mol. The molecule has 152 valence electrons. The Bertz CT molecular complexity index is 898. The van der Waals surface area contributed by atoms with Crippen LogP contribution in [0.5, 0.6) is 0 Å². The summed E-state index contributed by atoms with van der Waals surface area (Å²) in [6.07, 6.45) is 0.594. The van der Waals surface area contributed by atoms with E-state index in [2.05, 4.69) is 5.32 Å². The van der Waals surface area contributed by atoms with Gasteiger partial charge in [-0.05, 0) is 50.1 Å². The van der Waals surface area contributed by atoms with Crippen LogP contribution in [0.15, 0.2) is 54.6 Å². The van der Waals surface area contributed by atoms with Gasteiger partial charge in [-0.2, -0.15) is 12.7 Å². The fraction of sp³-hybridized carbons (Fsp3) is 0.350. The normalized spacial score (nSPS) is 12.1. The Morgan fingerprint density at radius 2 is 1.61 bits per heavy atom. The molecule has 0 fully saturated rings. The van der Waals surface area contributed by atoms with Gasteiger partial charge in [-0.1, -0.05) is 30.3 Å². The quantitative estimate of drug-likeness (QED) is 0.731. The van der Waals surface area contributed by atoms with E-state index >= 15 is 0 Å². The van der Waals surface area contributed by atoms with Gasteiger partial charge in [-0.15, -0.1) is 0 Å². The Kier molecular flexibility index (Phi) is 6.79. The van der Waals surface area contributed by atoms with E-state index in [4.69, 9.17) is 0 Å². The van der Waals surface area contributed by atoms with Crippen LogP contribution in [-0.4, -0.2) is 44.8 Å². The lowest BCUT2D eigenvalue weighted by molar-refractivity contribution is -0.121. The molecule has 1 N–H and O–H groups in total. The summed E-state index contributed by atoms with van der Waals surface area (Å²) in [6.45, 7) is 3.34. The van der Waals surface area contributed by atoms with E-state index < -0.39 is 34.0 Å². The molecule has 0 atom stereocenters. The van der Waals surface area contributed by atoms with E-state index in [0.29, 0.717) is 6.42 Å². The zero-order chi connectivity index (χ0) is 20.9. The number of amides is 1. The Balaban J connectivity index is 2.19. The highest BCUT2D eigenvalue weighted by molar-refractivity contribution is 7.90. The molecule has 0 aliphatic heterocycles. The first kappa shape index (κ1) is 21.8. The van der Waals surface area contributed by atoms with Gasteiger partial charge in [-0.25, -0.2) is 8.70 Å². The predicted octanol–water partition coefficient (Wildman–Crippen LogP) is 2.58. The molecule has 8 heteroatoms. The molecule has 0 unspecified atom stereocenters. The van der Waals surface area contributed by atoms with Crippen molar-refractivity contribution in [3.8, 4) is 0 Å². The Morgan fingerprint density at radius 3 is 2.14 bits per heavy atom. The molecule has 1 amide bonds. The van der Waals surface area contributed by atoms with Gasteiger partial charge >= 0.3 is 10.2 Å². The van der Waals surface area contributed by atoms with Crippen molar-refractivity contribution in [1.29, 1.82) is 0 Å². The third-order valence-corrected chi connectivity index (χ3v) is 5.93. The van der Waals surface area contributed by atoms with E-state index in [1.54, 1.807) is 0 Å². The summed E-state index contributed by atoms with van der Waals surface area (Å²) in [5.41, 5.74) is 0.699. The molecule has 0 bridgehead atoms. The topological polar surface area (TPSA) is 69.7 Å². The maximum Gasteiger partial charge on any atom is 0.304 e. The molecule has 2 aromatic rings. The molecule has 2 rings (SSSR count). The molecule has 0 heterocycles. The zero-order valence-corrected chi connectivity index (χ0v) is 17.3. The van der Waals surface area contributed by atoms with Crippen molar-refractivity contribution >= 4 is 21.8 Å². The number of halogens is 1. The molecule has 0 aliphatic carbocycles. The Hall–Kier alpha value is -2.45. The van der Waals surface area contributed by atoms with Gasteiger partial charge in [0.15, 0.2) is 0 Å². The number of rotatable bonds is 8. The van der Waals surface area contributed by atoms with Crippen LogP contribution in [0, 0.1) is 5.82 Å². The summed E-state index contributed by atoms with van der Waals surface area (Å²) in [4.78, 5) is 12.7. The second kappa shape index (κ2) is 8.70. The number of carbonyl (C=O) groups is 1. The number of hydrogen-bond acceptors (Lipinski definition) is 3. The zero-order valence-electron chi connectivity index (χ0n) is 16.5. The van der Waals surface area contributed by atoms with Gasteiger partial charge < -0.3 is 5.32 Å². The van der Waals surface area contributed by atoms with E-state index in [-0.39, 0.29) is 5.69 Å². The minimum Gasteiger partial charge on any atom is -0.349 e. The standard InChI is InChI=1S/C20H26FN3O3S/c1-20(2,14-16-8-6-5-7-9-16)22-19(25)15-24(28(26,27)23(3)4)18-12-10-17(21)11-13-18/h5-13H,14-15H2,1-4H3,(H,22,25). The summed E-state index contributed by atoms with van der Waals surface area (Å²) in [5, 5.41) is 2.89. The number of nitrogens with one attached hydrogen (secondary N) is 1. The molecular formula is C20H26FN3O3S. The van der Waals surface area contributed by atoms with Gasteiger partial charge in [0, 0.05) is 19.6 Å². The van der Waals surface area contributed by atoms with E-state index in [0.717, 1.165) is 26.3 Å². The van der Waals surface area contributed by atoms with Gasteiger partial charge in [-0.3, -0.25) is 4.79 Å². The van der Waals surface area contributed by atoms with Crippen molar-refractivity contribution < 1.29 is 17.6 Å². The minimum absolute atomic E-state index is 0.214. The number of anilines is 1. The van der Waals surface area contributed by atoms with Gasteiger partial charge in [0.2, 0.25) is 5.91 Å². The van der Waals surface area contributed by atoms with Crippen LogP contribution in [0.25, 0.3) is 0 Å². The number of hydrogen-bond donors (Lipinski definition) is 1. The number of nitrogens with zero attached hydrogens (tertiary/aromatic N) is 2. The molecule has 0 saturated carbocycles. The lowest BCUT2D eigenvalue weighted by Crippen LogP contribution is -2.51. The fourth-order valence-corrected chi connectivity index (χ4v) is 3.87. The molecule has 0 saturated heterocycles.